The van der Waals surface area contributed by atoms with E-state index >= 15 is 0 Å². The molecule has 1 aromatic rings. The standard InChI is InChI=1S/C18H21NO9/c1-10(20)27-14(15(17(23)24)28-11(2)21)16(22)19-13(18(25)26-3)9-12-7-5-4-6-8-12/h4-8,13-15H,9H2,1-3H3,(H,19,22)(H,23,24)/t13-,14-,15-/m0/s1. The molecule has 0 unspecified atom stereocenters. The Hall–Kier alpha value is -3.43. The van der Waals surface area contributed by atoms with Crippen LogP contribution in [0.3, 0.4) is 0 Å². The lowest BCUT2D eigenvalue weighted by molar-refractivity contribution is -0.181. The Kier molecular flexibility index (Phi) is 8.60. The Bertz CT molecular complexity index is 732. The van der Waals surface area contributed by atoms with Gasteiger partial charge in [-0.05, 0) is 5.56 Å². The summed E-state index contributed by atoms with van der Waals surface area (Å²) in [6.45, 7) is 1.89. The van der Waals surface area contributed by atoms with E-state index in [0.717, 1.165) is 21.0 Å². The quantitative estimate of drug-likeness (QED) is 0.430. The Labute approximate surface area is 160 Å². The van der Waals surface area contributed by atoms with Crippen molar-refractivity contribution in [2.45, 2.75) is 38.5 Å². The molecule has 0 aliphatic rings. The van der Waals surface area contributed by atoms with Crippen LogP contribution in [0.1, 0.15) is 19.4 Å². The van der Waals surface area contributed by atoms with Crippen LogP contribution in [-0.2, 0) is 44.6 Å². The van der Waals surface area contributed by atoms with E-state index in [0.29, 0.717) is 5.56 Å². The van der Waals surface area contributed by atoms with Crippen molar-refractivity contribution in [2.24, 2.45) is 0 Å². The predicted octanol–water partition coefficient (Wildman–Crippen LogP) is -0.165. The van der Waals surface area contributed by atoms with Gasteiger partial charge in [-0.2, -0.15) is 0 Å². The third-order valence-corrected chi connectivity index (χ3v) is 3.45. The zero-order chi connectivity index (χ0) is 21.3. The maximum absolute atomic E-state index is 12.6. The van der Waals surface area contributed by atoms with Gasteiger partial charge in [0.1, 0.15) is 6.04 Å². The van der Waals surface area contributed by atoms with Gasteiger partial charge < -0.3 is 24.6 Å². The SMILES string of the molecule is COC(=O)[C@H](Cc1ccccc1)NC(=O)[C@@H](OC(C)=O)[C@H](OC(C)=O)C(=O)O. The fourth-order valence-electron chi connectivity index (χ4n) is 2.29. The number of carboxylic acid groups (broad SMARTS) is 1. The molecule has 10 nitrogen and oxygen atoms in total. The van der Waals surface area contributed by atoms with Crippen LogP contribution in [0.5, 0.6) is 0 Å². The van der Waals surface area contributed by atoms with Crippen LogP contribution in [0.15, 0.2) is 30.3 Å². The highest BCUT2D eigenvalue weighted by molar-refractivity contribution is 5.93. The van der Waals surface area contributed by atoms with E-state index in [-0.39, 0.29) is 6.42 Å². The number of benzene rings is 1. The van der Waals surface area contributed by atoms with Crippen molar-refractivity contribution in [3.63, 3.8) is 0 Å². The molecule has 0 saturated heterocycles. The summed E-state index contributed by atoms with van der Waals surface area (Å²) in [4.78, 5) is 58.5. The van der Waals surface area contributed by atoms with Gasteiger partial charge in [0, 0.05) is 20.3 Å². The molecule has 0 saturated carbocycles. The number of aliphatic carboxylic acids is 1. The van der Waals surface area contributed by atoms with Crippen molar-refractivity contribution in [1.29, 1.82) is 0 Å². The average molecular weight is 395 g/mol. The lowest BCUT2D eigenvalue weighted by Crippen LogP contribution is -2.54. The van der Waals surface area contributed by atoms with Gasteiger partial charge in [0.2, 0.25) is 12.2 Å². The van der Waals surface area contributed by atoms with Crippen molar-refractivity contribution in [1.82, 2.24) is 5.32 Å². The number of carbonyl (C=O) groups is 5. The van der Waals surface area contributed by atoms with Crippen LogP contribution in [0.25, 0.3) is 0 Å². The number of hydrogen-bond acceptors (Lipinski definition) is 8. The minimum atomic E-state index is -2.09. The fourth-order valence-corrected chi connectivity index (χ4v) is 2.29. The Morgan fingerprint density at radius 2 is 1.50 bits per heavy atom. The maximum atomic E-state index is 12.6. The van der Waals surface area contributed by atoms with E-state index in [4.69, 9.17) is 4.74 Å². The highest BCUT2D eigenvalue weighted by atomic mass is 16.6. The summed E-state index contributed by atoms with van der Waals surface area (Å²) in [6, 6.07) is 7.46. The van der Waals surface area contributed by atoms with Gasteiger partial charge in [-0.25, -0.2) is 9.59 Å². The molecule has 3 atom stereocenters. The van der Waals surface area contributed by atoms with E-state index in [1.807, 2.05) is 0 Å². The molecule has 2 N–H and O–H groups in total. The largest absolute Gasteiger partial charge is 0.478 e. The third-order valence-electron chi connectivity index (χ3n) is 3.45. The monoisotopic (exact) mass is 395 g/mol. The lowest BCUT2D eigenvalue weighted by atomic mass is 10.1. The number of hydrogen-bond donors (Lipinski definition) is 2. The second-order valence-corrected chi connectivity index (χ2v) is 5.67. The Morgan fingerprint density at radius 1 is 0.964 bits per heavy atom. The van der Waals surface area contributed by atoms with Crippen LogP contribution < -0.4 is 5.32 Å². The van der Waals surface area contributed by atoms with E-state index in [2.05, 4.69) is 14.8 Å². The first-order valence-electron chi connectivity index (χ1n) is 8.15. The summed E-state index contributed by atoms with van der Waals surface area (Å²) >= 11 is 0. The normalized spacial score (nSPS) is 13.4. The Morgan fingerprint density at radius 3 is 1.96 bits per heavy atom. The molecule has 0 heterocycles. The molecule has 152 valence electrons. The summed E-state index contributed by atoms with van der Waals surface area (Å²) in [5, 5.41) is 11.5. The maximum Gasteiger partial charge on any atom is 0.349 e. The number of amides is 1. The first-order chi connectivity index (χ1) is 13.1. The first-order valence-corrected chi connectivity index (χ1v) is 8.15. The highest BCUT2D eigenvalue weighted by Gasteiger charge is 2.40. The van der Waals surface area contributed by atoms with Gasteiger partial charge in [-0.3, -0.25) is 14.4 Å². The molecule has 10 heteroatoms. The molecule has 0 aromatic heterocycles. The van der Waals surface area contributed by atoms with Gasteiger partial charge in [-0.1, -0.05) is 30.3 Å². The minimum absolute atomic E-state index is 0.0390. The van der Waals surface area contributed by atoms with Gasteiger partial charge in [0.25, 0.3) is 5.91 Å². The van der Waals surface area contributed by atoms with Crippen molar-refractivity contribution in [3.8, 4) is 0 Å². The molecule has 0 spiro atoms. The molecule has 0 bridgehead atoms. The minimum Gasteiger partial charge on any atom is -0.478 e. The number of carboxylic acids is 1. The second-order valence-electron chi connectivity index (χ2n) is 5.67. The number of ether oxygens (including phenoxy) is 3. The van der Waals surface area contributed by atoms with E-state index < -0.39 is 48.0 Å². The number of rotatable bonds is 9. The van der Waals surface area contributed by atoms with Gasteiger partial charge in [-0.15, -0.1) is 0 Å². The van der Waals surface area contributed by atoms with Crippen LogP contribution in [0.2, 0.25) is 0 Å². The van der Waals surface area contributed by atoms with Crippen molar-refractivity contribution in [3.05, 3.63) is 35.9 Å². The molecule has 1 rings (SSSR count). The number of carbonyl (C=O) groups excluding carboxylic acids is 4. The summed E-state index contributed by atoms with van der Waals surface area (Å²) in [6.07, 6.45) is -4.05. The molecule has 0 aliphatic carbocycles. The van der Waals surface area contributed by atoms with Crippen LogP contribution >= 0.6 is 0 Å². The smallest absolute Gasteiger partial charge is 0.349 e. The number of nitrogens with one attached hydrogen (secondary N) is 1. The average Bonchev–Trinajstić information content (AvgIpc) is 2.63. The third kappa shape index (κ3) is 7.06. The van der Waals surface area contributed by atoms with E-state index in [1.165, 1.54) is 0 Å². The first kappa shape index (κ1) is 22.6. The summed E-state index contributed by atoms with van der Waals surface area (Å²) in [5.41, 5.74) is 0.692. The van der Waals surface area contributed by atoms with Gasteiger partial charge in [0.05, 0.1) is 7.11 Å². The molecule has 1 amide bonds. The van der Waals surface area contributed by atoms with Crippen LogP contribution in [0.4, 0.5) is 0 Å². The fraction of sp³-hybridized carbons (Fsp3) is 0.389. The van der Waals surface area contributed by atoms with Crippen LogP contribution in [0, 0.1) is 0 Å². The molecule has 0 aliphatic heterocycles. The second kappa shape index (κ2) is 10.7. The molecule has 1 aromatic carbocycles. The predicted molar refractivity (Wildman–Crippen MR) is 92.8 cm³/mol. The molecule has 28 heavy (non-hydrogen) atoms. The van der Waals surface area contributed by atoms with Gasteiger partial charge in [0.15, 0.2) is 0 Å². The van der Waals surface area contributed by atoms with Gasteiger partial charge >= 0.3 is 23.9 Å². The van der Waals surface area contributed by atoms with Crippen molar-refractivity contribution >= 4 is 29.8 Å². The molecular formula is C18H21NO9. The van der Waals surface area contributed by atoms with E-state index in [9.17, 15) is 29.1 Å². The van der Waals surface area contributed by atoms with Crippen molar-refractivity contribution < 1.29 is 43.3 Å². The molecular weight excluding hydrogens is 374 g/mol. The zero-order valence-electron chi connectivity index (χ0n) is 15.5. The number of esters is 3. The van der Waals surface area contributed by atoms with E-state index in [1.54, 1.807) is 30.3 Å². The summed E-state index contributed by atoms with van der Waals surface area (Å²) in [5.74, 6) is -5.59. The Balaban J connectivity index is 3.09. The summed E-state index contributed by atoms with van der Waals surface area (Å²) in [7, 11) is 1.12. The topological polar surface area (TPSA) is 145 Å². The number of methoxy groups -OCH3 is 1. The zero-order valence-corrected chi connectivity index (χ0v) is 15.5. The lowest BCUT2D eigenvalue weighted by Gasteiger charge is -2.24. The molecule has 0 radical (unpaired) electrons. The summed E-state index contributed by atoms with van der Waals surface area (Å²) < 4.78 is 14.0. The highest BCUT2D eigenvalue weighted by Crippen LogP contribution is 2.10. The van der Waals surface area contributed by atoms with Crippen LogP contribution in [-0.4, -0.2) is 60.3 Å². The van der Waals surface area contributed by atoms with Crippen molar-refractivity contribution in [2.75, 3.05) is 7.11 Å². The molecule has 0 fully saturated rings.